The fourth-order valence-electron chi connectivity index (χ4n) is 2.68. The average Bonchev–Trinajstić information content (AvgIpc) is 2.66. The lowest BCUT2D eigenvalue weighted by Gasteiger charge is -2.13. The molecule has 134 valence electrons. The number of hydrogen-bond acceptors (Lipinski definition) is 4. The molecule has 0 aliphatic rings. The molecule has 25 heavy (non-hydrogen) atoms. The molecule has 0 aromatic heterocycles. The number of aliphatic hydroxyl groups is 1. The van der Waals surface area contributed by atoms with Crippen LogP contribution in [0.25, 0.3) is 0 Å². The number of unbranched alkanes of at least 4 members (excludes halogenated alkanes) is 2. The van der Waals surface area contributed by atoms with Gasteiger partial charge >= 0.3 is 5.97 Å². The first kappa shape index (κ1) is 19.0. The summed E-state index contributed by atoms with van der Waals surface area (Å²) < 4.78 is 10.6. The zero-order valence-electron chi connectivity index (χ0n) is 14.9. The van der Waals surface area contributed by atoms with Crippen LogP contribution in [-0.2, 0) is 11.3 Å². The van der Waals surface area contributed by atoms with E-state index in [2.05, 4.69) is 6.92 Å². The Hall–Kier alpha value is -2.33. The van der Waals surface area contributed by atoms with Crippen molar-refractivity contribution in [2.75, 3.05) is 7.11 Å². The maximum Gasteiger partial charge on any atom is 0.338 e. The second kappa shape index (κ2) is 9.84. The third-order valence-corrected chi connectivity index (χ3v) is 4.14. The Morgan fingerprint density at radius 1 is 1.12 bits per heavy atom. The highest BCUT2D eigenvalue weighted by atomic mass is 16.5. The van der Waals surface area contributed by atoms with Gasteiger partial charge in [0.2, 0.25) is 0 Å². The van der Waals surface area contributed by atoms with E-state index in [1.165, 1.54) is 7.11 Å². The third kappa shape index (κ3) is 5.61. The van der Waals surface area contributed by atoms with E-state index in [0.717, 1.165) is 36.8 Å². The molecular formula is C21H26O4. The van der Waals surface area contributed by atoms with Gasteiger partial charge in [-0.15, -0.1) is 0 Å². The molecule has 0 spiro atoms. The Morgan fingerprint density at radius 3 is 2.68 bits per heavy atom. The fourth-order valence-corrected chi connectivity index (χ4v) is 2.68. The van der Waals surface area contributed by atoms with E-state index in [9.17, 15) is 9.90 Å². The number of carbonyl (C=O) groups is 1. The summed E-state index contributed by atoms with van der Waals surface area (Å²) in [5.41, 5.74) is 2.12. The van der Waals surface area contributed by atoms with E-state index in [-0.39, 0.29) is 12.6 Å². The third-order valence-electron chi connectivity index (χ3n) is 4.14. The first-order chi connectivity index (χ1) is 12.2. The van der Waals surface area contributed by atoms with E-state index in [0.29, 0.717) is 11.3 Å². The molecule has 0 heterocycles. The van der Waals surface area contributed by atoms with Crippen LogP contribution in [0.2, 0.25) is 0 Å². The minimum absolute atomic E-state index is 0.265. The Morgan fingerprint density at radius 2 is 1.92 bits per heavy atom. The predicted octanol–water partition coefficient (Wildman–Crippen LogP) is 4.67. The van der Waals surface area contributed by atoms with E-state index >= 15 is 0 Å². The van der Waals surface area contributed by atoms with Gasteiger partial charge in [0.25, 0.3) is 0 Å². The highest BCUT2D eigenvalue weighted by Gasteiger charge is 2.12. The summed E-state index contributed by atoms with van der Waals surface area (Å²) in [5.74, 6) is 0.297. The normalized spacial score (nSPS) is 11.8. The van der Waals surface area contributed by atoms with Crippen LogP contribution >= 0.6 is 0 Å². The highest BCUT2D eigenvalue weighted by molar-refractivity contribution is 5.90. The molecule has 4 heteroatoms. The van der Waals surface area contributed by atoms with Gasteiger partial charge in [-0.1, -0.05) is 56.5 Å². The van der Waals surface area contributed by atoms with E-state index < -0.39 is 6.10 Å². The number of carbonyl (C=O) groups excluding carboxylic acids is 1. The minimum Gasteiger partial charge on any atom is -0.489 e. The van der Waals surface area contributed by atoms with Gasteiger partial charge in [0.15, 0.2) is 0 Å². The molecule has 0 aliphatic carbocycles. The second-order valence-electron chi connectivity index (χ2n) is 6.02. The van der Waals surface area contributed by atoms with Crippen molar-refractivity contribution in [3.63, 3.8) is 0 Å². The number of ether oxygens (including phenoxy) is 2. The van der Waals surface area contributed by atoms with Crippen LogP contribution in [0.1, 0.15) is 60.2 Å². The number of methoxy groups -OCH3 is 1. The van der Waals surface area contributed by atoms with Crippen LogP contribution < -0.4 is 4.74 Å². The monoisotopic (exact) mass is 342 g/mol. The number of aliphatic hydroxyl groups excluding tert-OH is 1. The molecule has 0 bridgehead atoms. The summed E-state index contributed by atoms with van der Waals surface area (Å²) in [6, 6.07) is 14.7. The first-order valence-corrected chi connectivity index (χ1v) is 8.72. The zero-order chi connectivity index (χ0) is 18.1. The van der Waals surface area contributed by atoms with Gasteiger partial charge < -0.3 is 14.6 Å². The summed E-state index contributed by atoms with van der Waals surface area (Å²) in [7, 11) is 1.36. The van der Waals surface area contributed by atoms with Crippen LogP contribution in [0.5, 0.6) is 5.75 Å². The summed E-state index contributed by atoms with van der Waals surface area (Å²) in [5, 5.41) is 10.3. The molecule has 0 radical (unpaired) electrons. The zero-order valence-corrected chi connectivity index (χ0v) is 14.9. The Labute approximate surface area is 149 Å². The number of rotatable bonds is 9. The molecular weight excluding hydrogens is 316 g/mol. The molecule has 4 nitrogen and oxygen atoms in total. The lowest BCUT2D eigenvalue weighted by molar-refractivity contribution is 0.0597. The van der Waals surface area contributed by atoms with Crippen molar-refractivity contribution in [3.8, 4) is 5.75 Å². The van der Waals surface area contributed by atoms with E-state index in [1.807, 2.05) is 36.4 Å². The summed E-state index contributed by atoms with van der Waals surface area (Å²) >= 11 is 0. The van der Waals surface area contributed by atoms with E-state index in [4.69, 9.17) is 9.47 Å². The van der Waals surface area contributed by atoms with Gasteiger partial charge in [0.1, 0.15) is 12.4 Å². The lowest BCUT2D eigenvalue weighted by atomic mass is 10.0. The van der Waals surface area contributed by atoms with Crippen LogP contribution in [0.3, 0.4) is 0 Å². The summed E-state index contributed by atoms with van der Waals surface area (Å²) in [4.78, 5) is 11.8. The fraction of sp³-hybridized carbons (Fsp3) is 0.381. The molecule has 2 aromatic carbocycles. The van der Waals surface area contributed by atoms with Gasteiger partial charge in [0, 0.05) is 5.56 Å². The van der Waals surface area contributed by atoms with Gasteiger partial charge in [-0.2, -0.15) is 0 Å². The SMILES string of the molecule is CCCCCC(O)c1cccc(OCc2ccccc2C(=O)OC)c1. The van der Waals surface area contributed by atoms with Crippen molar-refractivity contribution >= 4 is 5.97 Å². The Balaban J connectivity index is 2.02. The Bertz CT molecular complexity index is 681. The quantitative estimate of drug-likeness (QED) is 0.532. The molecule has 0 saturated carbocycles. The van der Waals surface area contributed by atoms with Crippen LogP contribution in [-0.4, -0.2) is 18.2 Å². The molecule has 1 atom stereocenters. The molecule has 1 N–H and O–H groups in total. The van der Waals surface area contributed by atoms with Gasteiger partial charge in [-0.05, 0) is 30.2 Å². The van der Waals surface area contributed by atoms with Crippen molar-refractivity contribution in [1.29, 1.82) is 0 Å². The maximum absolute atomic E-state index is 11.8. The average molecular weight is 342 g/mol. The Kier molecular flexibility index (Phi) is 7.48. The predicted molar refractivity (Wildman–Crippen MR) is 97.7 cm³/mol. The number of benzene rings is 2. The standard InChI is InChI=1S/C21H26O4/c1-3-4-5-13-20(22)16-10-8-11-18(14-16)25-15-17-9-6-7-12-19(17)21(23)24-2/h6-12,14,20,22H,3-5,13,15H2,1-2H3. The highest BCUT2D eigenvalue weighted by Crippen LogP contribution is 2.24. The van der Waals surface area contributed by atoms with Crippen molar-refractivity contribution in [2.45, 2.75) is 45.3 Å². The smallest absolute Gasteiger partial charge is 0.338 e. The first-order valence-electron chi connectivity index (χ1n) is 8.72. The topological polar surface area (TPSA) is 55.8 Å². The second-order valence-corrected chi connectivity index (χ2v) is 6.02. The van der Waals surface area contributed by atoms with Crippen molar-refractivity contribution < 1.29 is 19.4 Å². The number of hydrogen-bond donors (Lipinski definition) is 1. The van der Waals surface area contributed by atoms with Crippen molar-refractivity contribution in [1.82, 2.24) is 0 Å². The summed E-state index contributed by atoms with van der Waals surface area (Å²) in [6.07, 6.45) is 3.54. The number of esters is 1. The molecule has 1 unspecified atom stereocenters. The van der Waals surface area contributed by atoms with Crippen molar-refractivity contribution in [3.05, 3.63) is 65.2 Å². The summed E-state index contributed by atoms with van der Waals surface area (Å²) in [6.45, 7) is 2.41. The molecule has 0 saturated heterocycles. The van der Waals surface area contributed by atoms with Gasteiger partial charge in [-0.3, -0.25) is 0 Å². The van der Waals surface area contributed by atoms with Crippen LogP contribution in [0, 0.1) is 0 Å². The van der Waals surface area contributed by atoms with E-state index in [1.54, 1.807) is 12.1 Å². The largest absolute Gasteiger partial charge is 0.489 e. The molecule has 0 aliphatic heterocycles. The molecule has 0 fully saturated rings. The molecule has 0 amide bonds. The van der Waals surface area contributed by atoms with Crippen LogP contribution in [0.15, 0.2) is 48.5 Å². The minimum atomic E-state index is -0.475. The van der Waals surface area contributed by atoms with Gasteiger partial charge in [0.05, 0.1) is 18.8 Å². The molecule has 2 rings (SSSR count). The maximum atomic E-state index is 11.8. The van der Waals surface area contributed by atoms with Crippen LogP contribution in [0.4, 0.5) is 0 Å². The molecule has 2 aromatic rings. The lowest BCUT2D eigenvalue weighted by Crippen LogP contribution is -2.08. The van der Waals surface area contributed by atoms with Crippen molar-refractivity contribution in [2.24, 2.45) is 0 Å². The van der Waals surface area contributed by atoms with Gasteiger partial charge in [-0.25, -0.2) is 4.79 Å².